The fourth-order valence-corrected chi connectivity index (χ4v) is 1.17. The molecular formula is C15H34O8. The average Bonchev–Trinajstić information content (AvgIpc) is 2.57. The van der Waals surface area contributed by atoms with Gasteiger partial charge >= 0.3 is 5.97 Å². The molecule has 0 saturated carbocycles. The third kappa shape index (κ3) is 33.8. The molecule has 0 aliphatic carbocycles. The smallest absolute Gasteiger partial charge is 0.303 e. The Bertz CT molecular complexity index is 208. The lowest BCUT2D eigenvalue weighted by Gasteiger charge is -1.97. The number of hydrogen-bond acceptors (Lipinski definition) is 7. The summed E-state index contributed by atoms with van der Waals surface area (Å²) in [6.45, 7) is 0.719. The number of unbranched alkanes of at least 4 members (excludes halogenated alkanes) is 5. The summed E-state index contributed by atoms with van der Waals surface area (Å²) in [5.41, 5.74) is 0. The number of rotatable bonds is 11. The lowest BCUT2D eigenvalue weighted by Crippen LogP contribution is -2.15. The van der Waals surface area contributed by atoms with Crippen LogP contribution in [0.25, 0.3) is 0 Å². The Kier molecular flexibility index (Phi) is 27.7. The highest BCUT2D eigenvalue weighted by Gasteiger charge is 1.95. The second-order valence-electron chi connectivity index (χ2n) is 4.95. The monoisotopic (exact) mass is 342 g/mol. The Morgan fingerprint density at radius 3 is 1.35 bits per heavy atom. The van der Waals surface area contributed by atoms with Gasteiger partial charge in [-0.15, -0.1) is 0 Å². The van der Waals surface area contributed by atoms with E-state index in [9.17, 15) is 4.79 Å². The molecule has 0 spiro atoms. The molecule has 0 aromatic rings. The molecule has 8 nitrogen and oxygen atoms in total. The van der Waals surface area contributed by atoms with Gasteiger partial charge in [0.2, 0.25) is 0 Å². The van der Waals surface area contributed by atoms with E-state index in [0.29, 0.717) is 6.42 Å². The van der Waals surface area contributed by atoms with Gasteiger partial charge in [-0.3, -0.25) is 4.79 Å². The maximum atomic E-state index is 10.1. The van der Waals surface area contributed by atoms with Crippen LogP contribution < -0.4 is 0 Å². The minimum atomic E-state index is -0.954. The van der Waals surface area contributed by atoms with Crippen molar-refractivity contribution in [3.8, 4) is 0 Å². The molecule has 0 aliphatic heterocycles. The summed E-state index contributed by atoms with van der Waals surface area (Å²) in [6, 6.07) is 0. The van der Waals surface area contributed by atoms with Crippen LogP contribution in [-0.2, 0) is 4.79 Å². The molecule has 0 saturated heterocycles. The molecule has 23 heavy (non-hydrogen) atoms. The number of hydrogen-bond donors (Lipinski definition) is 7. The molecule has 0 atom stereocenters. The van der Waals surface area contributed by atoms with Crippen molar-refractivity contribution in [1.29, 1.82) is 0 Å². The third-order valence-electron chi connectivity index (χ3n) is 2.59. The molecule has 0 aliphatic rings. The third-order valence-corrected chi connectivity index (χ3v) is 2.59. The molecule has 142 valence electrons. The SMILES string of the molecule is CCCCCCCCC(=O)O.OCC(O)CO.OCC(O)CO. The zero-order valence-electron chi connectivity index (χ0n) is 14.0. The molecular weight excluding hydrogens is 308 g/mol. The Morgan fingerprint density at radius 2 is 1.09 bits per heavy atom. The second-order valence-corrected chi connectivity index (χ2v) is 4.95. The number of aliphatic hydroxyl groups excluding tert-OH is 6. The first-order chi connectivity index (χ1) is 10.9. The van der Waals surface area contributed by atoms with Gasteiger partial charge in [0.25, 0.3) is 0 Å². The van der Waals surface area contributed by atoms with Crippen molar-refractivity contribution < 1.29 is 40.5 Å². The van der Waals surface area contributed by atoms with E-state index < -0.39 is 18.2 Å². The maximum absolute atomic E-state index is 10.1. The Labute approximate surface area is 138 Å². The van der Waals surface area contributed by atoms with E-state index in [4.69, 9.17) is 35.7 Å². The standard InChI is InChI=1S/C9H18O2.2C3H8O3/c1-2-3-4-5-6-7-8-9(10)11;2*4-1-3(6)2-5/h2-8H2,1H3,(H,10,11);2*3-6H,1-2H2. The van der Waals surface area contributed by atoms with Crippen molar-refractivity contribution in [3.63, 3.8) is 0 Å². The largest absolute Gasteiger partial charge is 0.481 e. The van der Waals surface area contributed by atoms with E-state index in [0.717, 1.165) is 12.8 Å². The lowest BCUT2D eigenvalue weighted by molar-refractivity contribution is -0.137. The van der Waals surface area contributed by atoms with Crippen LogP contribution in [0, 0.1) is 0 Å². The van der Waals surface area contributed by atoms with Gasteiger partial charge in [-0.05, 0) is 6.42 Å². The molecule has 0 heterocycles. The van der Waals surface area contributed by atoms with E-state index in [-0.39, 0.29) is 26.4 Å². The topological polar surface area (TPSA) is 159 Å². The van der Waals surface area contributed by atoms with E-state index in [1.165, 1.54) is 25.7 Å². The minimum absolute atomic E-state index is 0.339. The predicted octanol–water partition coefficient (Wildman–Crippen LogP) is -0.515. The second kappa shape index (κ2) is 23.5. The Morgan fingerprint density at radius 1 is 0.739 bits per heavy atom. The van der Waals surface area contributed by atoms with Crippen molar-refractivity contribution in [3.05, 3.63) is 0 Å². The fraction of sp³-hybridized carbons (Fsp3) is 0.933. The van der Waals surface area contributed by atoms with Crippen LogP contribution in [0.4, 0.5) is 0 Å². The number of carbonyl (C=O) groups is 1. The van der Waals surface area contributed by atoms with E-state index in [1.54, 1.807) is 0 Å². The van der Waals surface area contributed by atoms with Crippen LogP contribution in [0.2, 0.25) is 0 Å². The van der Waals surface area contributed by atoms with Gasteiger partial charge in [0.15, 0.2) is 0 Å². The fourth-order valence-electron chi connectivity index (χ4n) is 1.17. The summed E-state index contributed by atoms with van der Waals surface area (Å²) in [6.07, 6.45) is 5.34. The van der Waals surface area contributed by atoms with Crippen LogP contribution >= 0.6 is 0 Å². The van der Waals surface area contributed by atoms with Crippen molar-refractivity contribution in [2.24, 2.45) is 0 Å². The highest BCUT2D eigenvalue weighted by Crippen LogP contribution is 2.06. The van der Waals surface area contributed by atoms with E-state index >= 15 is 0 Å². The van der Waals surface area contributed by atoms with Crippen molar-refractivity contribution >= 4 is 5.97 Å². The highest BCUT2D eigenvalue weighted by molar-refractivity contribution is 5.66. The number of aliphatic carboxylic acids is 1. The summed E-state index contributed by atoms with van der Waals surface area (Å²) in [5, 5.41) is 56.3. The molecule has 0 aromatic heterocycles. The highest BCUT2D eigenvalue weighted by atomic mass is 16.4. The summed E-state index contributed by atoms with van der Waals surface area (Å²) in [4.78, 5) is 10.1. The number of carboxylic acids is 1. The van der Waals surface area contributed by atoms with Gasteiger partial charge in [-0.25, -0.2) is 0 Å². The van der Waals surface area contributed by atoms with E-state index in [1.807, 2.05) is 0 Å². The summed E-state index contributed by atoms with van der Waals surface area (Å²) in [7, 11) is 0. The van der Waals surface area contributed by atoms with Crippen LogP contribution in [0.3, 0.4) is 0 Å². The van der Waals surface area contributed by atoms with Crippen LogP contribution in [0.15, 0.2) is 0 Å². The van der Waals surface area contributed by atoms with Gasteiger partial charge < -0.3 is 35.7 Å². The zero-order chi connectivity index (χ0) is 18.5. The van der Waals surface area contributed by atoms with Crippen molar-refractivity contribution in [1.82, 2.24) is 0 Å². The molecule has 0 unspecified atom stereocenters. The van der Waals surface area contributed by atoms with Crippen LogP contribution in [-0.4, -0.2) is 80.4 Å². The normalized spacial score (nSPS) is 9.96. The molecule has 0 amide bonds. The number of aliphatic hydroxyl groups is 6. The summed E-state index contributed by atoms with van der Waals surface area (Å²) < 4.78 is 0. The lowest BCUT2D eigenvalue weighted by atomic mass is 10.1. The average molecular weight is 342 g/mol. The summed E-state index contributed by atoms with van der Waals surface area (Å²) in [5.74, 6) is -0.666. The zero-order valence-corrected chi connectivity index (χ0v) is 14.0. The first-order valence-electron chi connectivity index (χ1n) is 7.90. The molecule has 0 radical (unpaired) electrons. The molecule has 0 rings (SSSR count). The first kappa shape index (κ1) is 27.1. The Hall–Kier alpha value is -0.770. The van der Waals surface area contributed by atoms with Crippen molar-refractivity contribution in [2.45, 2.75) is 64.1 Å². The Balaban J connectivity index is -0.000000284. The van der Waals surface area contributed by atoms with Gasteiger partial charge in [0.05, 0.1) is 26.4 Å². The van der Waals surface area contributed by atoms with Crippen molar-refractivity contribution in [2.75, 3.05) is 26.4 Å². The molecule has 0 fully saturated rings. The van der Waals surface area contributed by atoms with Gasteiger partial charge in [0, 0.05) is 6.42 Å². The quantitative estimate of drug-likeness (QED) is 0.247. The van der Waals surface area contributed by atoms with Gasteiger partial charge in [-0.1, -0.05) is 39.0 Å². The van der Waals surface area contributed by atoms with Crippen LogP contribution in [0.5, 0.6) is 0 Å². The van der Waals surface area contributed by atoms with Crippen LogP contribution in [0.1, 0.15) is 51.9 Å². The first-order valence-corrected chi connectivity index (χ1v) is 7.90. The minimum Gasteiger partial charge on any atom is -0.481 e. The molecule has 7 N–H and O–H groups in total. The predicted molar refractivity (Wildman–Crippen MR) is 86.0 cm³/mol. The van der Waals surface area contributed by atoms with E-state index in [2.05, 4.69) is 6.92 Å². The maximum Gasteiger partial charge on any atom is 0.303 e. The molecule has 0 aromatic carbocycles. The van der Waals surface area contributed by atoms with Gasteiger partial charge in [-0.2, -0.15) is 0 Å². The number of carboxylic acid groups (broad SMARTS) is 1. The van der Waals surface area contributed by atoms with Gasteiger partial charge in [0.1, 0.15) is 12.2 Å². The summed E-state index contributed by atoms with van der Waals surface area (Å²) >= 11 is 0. The molecule has 8 heteroatoms. The molecule has 0 bridgehead atoms.